The lowest BCUT2D eigenvalue weighted by atomic mass is 10.00. The fraction of sp³-hybridized carbons (Fsp3) is 0.417. The van der Waals surface area contributed by atoms with E-state index < -0.39 is 0 Å². The fourth-order valence-corrected chi connectivity index (χ4v) is 4.79. The molecule has 2 heterocycles. The van der Waals surface area contributed by atoms with Crippen LogP contribution in [0.1, 0.15) is 42.6 Å². The summed E-state index contributed by atoms with van der Waals surface area (Å²) in [4.78, 5) is 19.8. The Kier molecular flexibility index (Phi) is 6.53. The van der Waals surface area contributed by atoms with Crippen molar-refractivity contribution < 1.29 is 9.53 Å². The van der Waals surface area contributed by atoms with Crippen molar-refractivity contribution in [3.05, 3.63) is 53.6 Å². The molecule has 0 spiro atoms. The predicted molar refractivity (Wildman–Crippen MR) is 124 cm³/mol. The number of rotatable bonds is 7. The first-order valence-corrected chi connectivity index (χ1v) is 11.6. The lowest BCUT2D eigenvalue weighted by Crippen LogP contribution is -2.32. The molecule has 1 fully saturated rings. The van der Waals surface area contributed by atoms with Gasteiger partial charge in [-0.1, -0.05) is 30.4 Å². The lowest BCUT2D eigenvalue weighted by molar-refractivity contribution is 0.0954. The molecule has 6 heteroatoms. The number of amides is 1. The van der Waals surface area contributed by atoms with E-state index in [1.807, 2.05) is 49.4 Å². The Morgan fingerprint density at radius 1 is 1.20 bits per heavy atom. The van der Waals surface area contributed by atoms with E-state index in [-0.39, 0.29) is 5.91 Å². The van der Waals surface area contributed by atoms with Gasteiger partial charge in [0.15, 0.2) is 5.13 Å². The van der Waals surface area contributed by atoms with Gasteiger partial charge >= 0.3 is 0 Å². The summed E-state index contributed by atoms with van der Waals surface area (Å²) in [7, 11) is 0. The van der Waals surface area contributed by atoms with E-state index in [0.29, 0.717) is 18.7 Å². The van der Waals surface area contributed by atoms with Gasteiger partial charge in [0.1, 0.15) is 5.75 Å². The van der Waals surface area contributed by atoms with E-state index in [1.165, 1.54) is 18.4 Å². The Morgan fingerprint density at radius 2 is 1.97 bits per heavy atom. The smallest absolute Gasteiger partial charge is 0.251 e. The van der Waals surface area contributed by atoms with Crippen molar-refractivity contribution in [3.63, 3.8) is 0 Å². The molecule has 1 aliphatic rings. The first-order valence-electron chi connectivity index (χ1n) is 10.8. The zero-order valence-corrected chi connectivity index (χ0v) is 18.5. The Labute approximate surface area is 182 Å². The SMILES string of the molecule is CCOc1ccc(CCNC(=O)c2ccc3nc(N4CCC(C)CC4)sc3c2)cc1. The van der Waals surface area contributed by atoms with Crippen molar-refractivity contribution in [2.45, 2.75) is 33.1 Å². The predicted octanol–water partition coefficient (Wildman–Crippen LogP) is 4.90. The molecule has 2 aromatic carbocycles. The largest absolute Gasteiger partial charge is 0.494 e. The molecule has 0 unspecified atom stereocenters. The third kappa shape index (κ3) is 4.93. The van der Waals surface area contributed by atoms with Gasteiger partial charge < -0.3 is 15.0 Å². The summed E-state index contributed by atoms with van der Waals surface area (Å²) < 4.78 is 6.54. The number of hydrogen-bond acceptors (Lipinski definition) is 5. The molecule has 158 valence electrons. The first-order chi connectivity index (χ1) is 14.6. The maximum absolute atomic E-state index is 12.6. The van der Waals surface area contributed by atoms with E-state index in [0.717, 1.165) is 46.5 Å². The number of ether oxygens (including phenoxy) is 1. The fourth-order valence-electron chi connectivity index (χ4n) is 3.73. The minimum Gasteiger partial charge on any atom is -0.494 e. The maximum atomic E-state index is 12.6. The number of anilines is 1. The van der Waals surface area contributed by atoms with Crippen LogP contribution in [0.2, 0.25) is 0 Å². The van der Waals surface area contributed by atoms with Crippen LogP contribution in [-0.2, 0) is 6.42 Å². The number of piperidine rings is 1. The second-order valence-electron chi connectivity index (χ2n) is 7.93. The van der Waals surface area contributed by atoms with Gasteiger partial charge in [0.25, 0.3) is 5.91 Å². The van der Waals surface area contributed by atoms with Gasteiger partial charge in [-0.2, -0.15) is 0 Å². The number of hydrogen-bond donors (Lipinski definition) is 1. The van der Waals surface area contributed by atoms with Gasteiger partial charge in [0.2, 0.25) is 0 Å². The molecule has 1 saturated heterocycles. The van der Waals surface area contributed by atoms with E-state index in [4.69, 9.17) is 9.72 Å². The van der Waals surface area contributed by atoms with Crippen LogP contribution < -0.4 is 15.0 Å². The van der Waals surface area contributed by atoms with E-state index in [9.17, 15) is 4.79 Å². The van der Waals surface area contributed by atoms with Crippen molar-refractivity contribution in [2.24, 2.45) is 5.92 Å². The number of carbonyl (C=O) groups is 1. The van der Waals surface area contributed by atoms with Gasteiger partial charge in [-0.3, -0.25) is 4.79 Å². The van der Waals surface area contributed by atoms with Crippen LogP contribution in [0.25, 0.3) is 10.2 Å². The molecule has 0 radical (unpaired) electrons. The molecule has 1 N–H and O–H groups in total. The molecule has 4 rings (SSSR count). The molecule has 3 aromatic rings. The zero-order valence-electron chi connectivity index (χ0n) is 17.7. The molecular weight excluding hydrogens is 394 g/mol. The summed E-state index contributed by atoms with van der Waals surface area (Å²) >= 11 is 1.69. The quantitative estimate of drug-likeness (QED) is 0.587. The van der Waals surface area contributed by atoms with Crippen LogP contribution in [0, 0.1) is 5.92 Å². The number of nitrogens with one attached hydrogen (secondary N) is 1. The number of thiazole rings is 1. The van der Waals surface area contributed by atoms with Crippen LogP contribution in [0.15, 0.2) is 42.5 Å². The highest BCUT2D eigenvalue weighted by molar-refractivity contribution is 7.22. The molecule has 0 saturated carbocycles. The standard InChI is InChI=1S/C24H29N3O2S/c1-3-29-20-7-4-18(5-8-20)10-13-25-23(28)19-6-9-21-22(16-19)30-24(26-21)27-14-11-17(2)12-15-27/h4-9,16-17H,3,10-15H2,1-2H3,(H,25,28). The highest BCUT2D eigenvalue weighted by atomic mass is 32.1. The maximum Gasteiger partial charge on any atom is 0.251 e. The van der Waals surface area contributed by atoms with Crippen molar-refractivity contribution in [3.8, 4) is 5.75 Å². The molecule has 5 nitrogen and oxygen atoms in total. The van der Waals surface area contributed by atoms with Gasteiger partial charge in [-0.25, -0.2) is 4.98 Å². The summed E-state index contributed by atoms with van der Waals surface area (Å²) in [5, 5.41) is 4.10. The van der Waals surface area contributed by atoms with Crippen LogP contribution in [-0.4, -0.2) is 37.1 Å². The minimum atomic E-state index is -0.0374. The Bertz CT molecular complexity index is 991. The number of carbonyl (C=O) groups excluding carboxylic acids is 1. The molecule has 0 bridgehead atoms. The monoisotopic (exact) mass is 423 g/mol. The summed E-state index contributed by atoms with van der Waals surface area (Å²) in [5.41, 5.74) is 2.84. The molecule has 0 atom stereocenters. The lowest BCUT2D eigenvalue weighted by Gasteiger charge is -2.29. The molecule has 1 aliphatic heterocycles. The van der Waals surface area contributed by atoms with Gasteiger partial charge in [0, 0.05) is 25.2 Å². The molecular formula is C24H29N3O2S. The second-order valence-corrected chi connectivity index (χ2v) is 8.94. The van der Waals surface area contributed by atoms with Crippen molar-refractivity contribution in [1.29, 1.82) is 0 Å². The van der Waals surface area contributed by atoms with Crippen molar-refractivity contribution in [2.75, 3.05) is 31.1 Å². The van der Waals surface area contributed by atoms with E-state index >= 15 is 0 Å². The average Bonchev–Trinajstić information content (AvgIpc) is 3.19. The number of aromatic nitrogens is 1. The molecule has 0 aliphatic carbocycles. The average molecular weight is 424 g/mol. The Balaban J connectivity index is 1.35. The number of benzene rings is 2. The van der Waals surface area contributed by atoms with Crippen molar-refractivity contribution >= 4 is 32.6 Å². The number of fused-ring (bicyclic) bond motifs is 1. The third-order valence-corrected chi connectivity index (χ3v) is 6.71. The van der Waals surface area contributed by atoms with Crippen LogP contribution in [0.4, 0.5) is 5.13 Å². The molecule has 30 heavy (non-hydrogen) atoms. The second kappa shape index (κ2) is 9.47. The van der Waals surface area contributed by atoms with Gasteiger partial charge in [0.05, 0.1) is 16.8 Å². The summed E-state index contributed by atoms with van der Waals surface area (Å²) in [5.74, 6) is 1.64. The van der Waals surface area contributed by atoms with Crippen molar-refractivity contribution in [1.82, 2.24) is 10.3 Å². The van der Waals surface area contributed by atoms with Crippen LogP contribution >= 0.6 is 11.3 Å². The summed E-state index contributed by atoms with van der Waals surface area (Å²) in [6.07, 6.45) is 3.23. The first kappa shape index (κ1) is 20.7. The van der Waals surface area contributed by atoms with Crippen LogP contribution in [0.5, 0.6) is 5.75 Å². The van der Waals surface area contributed by atoms with E-state index in [2.05, 4.69) is 17.1 Å². The third-order valence-electron chi connectivity index (χ3n) is 5.63. The number of nitrogens with zero attached hydrogens (tertiary/aromatic N) is 2. The van der Waals surface area contributed by atoms with Crippen LogP contribution in [0.3, 0.4) is 0 Å². The Hall–Kier alpha value is -2.60. The Morgan fingerprint density at radius 3 is 2.70 bits per heavy atom. The highest BCUT2D eigenvalue weighted by Crippen LogP contribution is 2.32. The highest BCUT2D eigenvalue weighted by Gasteiger charge is 2.19. The van der Waals surface area contributed by atoms with Gasteiger partial charge in [-0.15, -0.1) is 0 Å². The normalized spacial score (nSPS) is 14.8. The van der Waals surface area contributed by atoms with Gasteiger partial charge in [-0.05, 0) is 68.0 Å². The van der Waals surface area contributed by atoms with E-state index in [1.54, 1.807) is 11.3 Å². The topological polar surface area (TPSA) is 54.5 Å². The molecule has 1 aromatic heterocycles. The summed E-state index contributed by atoms with van der Waals surface area (Å²) in [6.45, 7) is 7.70. The molecule has 1 amide bonds. The zero-order chi connectivity index (χ0) is 20.9. The summed E-state index contributed by atoms with van der Waals surface area (Å²) in [6, 6.07) is 13.8. The minimum absolute atomic E-state index is 0.0374.